The fourth-order valence-electron chi connectivity index (χ4n) is 1.87. The van der Waals surface area contributed by atoms with Crippen LogP contribution in [-0.2, 0) is 19.1 Å². The van der Waals surface area contributed by atoms with E-state index in [9.17, 15) is 14.4 Å². The highest BCUT2D eigenvalue weighted by atomic mass is 16.5. The molecule has 0 saturated heterocycles. The van der Waals surface area contributed by atoms with E-state index >= 15 is 0 Å². The molecule has 0 bridgehead atoms. The van der Waals surface area contributed by atoms with Gasteiger partial charge >= 0.3 is 5.97 Å². The Labute approximate surface area is 139 Å². The standard InChI is InChI=1S/C16H18N4O4/c1-10(21)11(2)24-16(23)9-17-18-13-5-3-12(4-6-13)14-7-8-15(22)20-19-14/h3-6,9,11,18H,7-8H2,1-2H3,(H,20,22). The molecule has 0 fully saturated rings. The smallest absolute Gasteiger partial charge is 0.351 e. The van der Waals surface area contributed by atoms with E-state index in [1.807, 2.05) is 12.1 Å². The van der Waals surface area contributed by atoms with Crippen molar-refractivity contribution in [1.82, 2.24) is 5.43 Å². The van der Waals surface area contributed by atoms with Crippen LogP contribution in [0, 0.1) is 0 Å². The summed E-state index contributed by atoms with van der Waals surface area (Å²) < 4.78 is 4.83. The second-order valence-corrected chi connectivity index (χ2v) is 5.23. The summed E-state index contributed by atoms with van der Waals surface area (Å²) in [6.45, 7) is 2.84. The van der Waals surface area contributed by atoms with Crippen LogP contribution in [0.5, 0.6) is 0 Å². The van der Waals surface area contributed by atoms with Crippen LogP contribution in [0.3, 0.4) is 0 Å². The SMILES string of the molecule is CC(=O)C(C)OC(=O)C=NNc1ccc(C2=NNC(=O)CC2)cc1. The van der Waals surface area contributed by atoms with Crippen molar-refractivity contribution >= 4 is 35.3 Å². The Morgan fingerprint density at radius 1 is 1.33 bits per heavy atom. The summed E-state index contributed by atoms with van der Waals surface area (Å²) in [6.07, 6.45) is 1.19. The molecule has 1 aliphatic heterocycles. The van der Waals surface area contributed by atoms with E-state index in [4.69, 9.17) is 4.74 Å². The van der Waals surface area contributed by atoms with Gasteiger partial charge in [-0.2, -0.15) is 10.2 Å². The molecule has 2 rings (SSSR count). The molecule has 1 heterocycles. The van der Waals surface area contributed by atoms with Gasteiger partial charge < -0.3 is 4.74 Å². The maximum absolute atomic E-state index is 11.4. The van der Waals surface area contributed by atoms with E-state index in [-0.39, 0.29) is 11.7 Å². The molecule has 2 N–H and O–H groups in total. The first-order valence-electron chi connectivity index (χ1n) is 7.41. The van der Waals surface area contributed by atoms with Crippen molar-refractivity contribution in [3.63, 3.8) is 0 Å². The number of hydrogen-bond acceptors (Lipinski definition) is 7. The number of carbonyl (C=O) groups is 3. The van der Waals surface area contributed by atoms with Crippen LogP contribution < -0.4 is 10.9 Å². The number of carbonyl (C=O) groups excluding carboxylic acids is 3. The van der Waals surface area contributed by atoms with Gasteiger partial charge in [0.1, 0.15) is 6.21 Å². The summed E-state index contributed by atoms with van der Waals surface area (Å²) in [4.78, 5) is 33.5. The predicted molar refractivity (Wildman–Crippen MR) is 88.7 cm³/mol. The van der Waals surface area contributed by atoms with Crippen LogP contribution in [0.4, 0.5) is 5.69 Å². The first-order valence-corrected chi connectivity index (χ1v) is 7.41. The maximum Gasteiger partial charge on any atom is 0.351 e. The third kappa shape index (κ3) is 5.01. The Balaban J connectivity index is 1.88. The third-order valence-corrected chi connectivity index (χ3v) is 3.35. The van der Waals surface area contributed by atoms with Crippen molar-refractivity contribution < 1.29 is 19.1 Å². The lowest BCUT2D eigenvalue weighted by Gasteiger charge is -2.12. The van der Waals surface area contributed by atoms with E-state index in [0.29, 0.717) is 18.5 Å². The van der Waals surface area contributed by atoms with Crippen molar-refractivity contribution in [2.24, 2.45) is 10.2 Å². The molecule has 8 nitrogen and oxygen atoms in total. The minimum Gasteiger partial charge on any atom is -0.450 e. The van der Waals surface area contributed by atoms with Crippen molar-refractivity contribution in [3.05, 3.63) is 29.8 Å². The van der Waals surface area contributed by atoms with E-state index in [1.165, 1.54) is 13.8 Å². The Hall–Kier alpha value is -3.03. The number of nitrogens with zero attached hydrogens (tertiary/aromatic N) is 2. The van der Waals surface area contributed by atoms with E-state index in [2.05, 4.69) is 21.1 Å². The monoisotopic (exact) mass is 330 g/mol. The zero-order valence-electron chi connectivity index (χ0n) is 13.4. The average molecular weight is 330 g/mol. The molecule has 8 heteroatoms. The molecule has 1 aromatic carbocycles. The van der Waals surface area contributed by atoms with Gasteiger partial charge in [-0.15, -0.1) is 0 Å². The van der Waals surface area contributed by atoms with E-state index in [0.717, 1.165) is 17.5 Å². The topological polar surface area (TPSA) is 109 Å². The number of rotatable bonds is 6. The van der Waals surface area contributed by atoms with Gasteiger partial charge in [0, 0.05) is 12.8 Å². The maximum atomic E-state index is 11.4. The second-order valence-electron chi connectivity index (χ2n) is 5.23. The van der Waals surface area contributed by atoms with Crippen LogP contribution in [0.25, 0.3) is 0 Å². The summed E-state index contributed by atoms with van der Waals surface area (Å²) in [6, 6.07) is 7.22. The molecular weight excluding hydrogens is 312 g/mol. The number of esters is 1. The molecule has 126 valence electrons. The number of amides is 1. The second kappa shape index (κ2) is 8.00. The van der Waals surface area contributed by atoms with Gasteiger partial charge in [-0.05, 0) is 31.5 Å². The highest BCUT2D eigenvalue weighted by molar-refractivity contribution is 6.23. The number of hydrazone groups is 2. The number of hydrogen-bond donors (Lipinski definition) is 2. The highest BCUT2D eigenvalue weighted by Gasteiger charge is 2.13. The normalized spacial score (nSPS) is 15.4. The summed E-state index contributed by atoms with van der Waals surface area (Å²) in [5.41, 5.74) is 7.52. The van der Waals surface area contributed by atoms with E-state index < -0.39 is 12.1 Å². The minimum absolute atomic E-state index is 0.0858. The Bertz CT molecular complexity index is 695. The first-order chi connectivity index (χ1) is 11.5. The molecule has 1 unspecified atom stereocenters. The van der Waals surface area contributed by atoms with Crippen LogP contribution >= 0.6 is 0 Å². The van der Waals surface area contributed by atoms with Gasteiger partial charge in [-0.25, -0.2) is 10.2 Å². The molecule has 0 aliphatic carbocycles. The minimum atomic E-state index is -0.792. The Kier molecular flexibility index (Phi) is 5.78. The molecule has 1 aliphatic rings. The van der Waals surface area contributed by atoms with Gasteiger partial charge in [-0.1, -0.05) is 12.1 Å². The lowest BCUT2D eigenvalue weighted by Crippen LogP contribution is -2.25. The lowest BCUT2D eigenvalue weighted by molar-refractivity contribution is -0.146. The molecule has 24 heavy (non-hydrogen) atoms. The molecule has 0 saturated carbocycles. The molecule has 1 aromatic rings. The van der Waals surface area contributed by atoms with Crippen LogP contribution in [0.15, 0.2) is 34.5 Å². The van der Waals surface area contributed by atoms with Gasteiger partial charge in [0.05, 0.1) is 11.4 Å². The first kappa shape index (κ1) is 17.3. The van der Waals surface area contributed by atoms with Crippen molar-refractivity contribution in [3.8, 4) is 0 Å². The molecular formula is C16H18N4O4. The molecule has 1 atom stereocenters. The van der Waals surface area contributed by atoms with Gasteiger partial charge in [0.15, 0.2) is 11.9 Å². The van der Waals surface area contributed by atoms with Crippen LogP contribution in [0.1, 0.15) is 32.3 Å². The quantitative estimate of drug-likeness (QED) is 0.463. The summed E-state index contributed by atoms with van der Waals surface area (Å²) in [5.74, 6) is -1.02. The number of ether oxygens (including phenoxy) is 1. The largest absolute Gasteiger partial charge is 0.450 e. The van der Waals surface area contributed by atoms with Gasteiger partial charge in [0.2, 0.25) is 5.91 Å². The summed E-state index contributed by atoms with van der Waals surface area (Å²) >= 11 is 0. The highest BCUT2D eigenvalue weighted by Crippen LogP contribution is 2.14. The van der Waals surface area contributed by atoms with Gasteiger partial charge in [-0.3, -0.25) is 15.0 Å². The molecule has 0 spiro atoms. The zero-order valence-corrected chi connectivity index (χ0v) is 13.4. The molecule has 0 radical (unpaired) electrons. The molecule has 0 aromatic heterocycles. The fourth-order valence-corrected chi connectivity index (χ4v) is 1.87. The third-order valence-electron chi connectivity index (χ3n) is 3.35. The number of ketones is 1. The summed E-state index contributed by atoms with van der Waals surface area (Å²) in [7, 11) is 0. The average Bonchev–Trinajstić information content (AvgIpc) is 2.56. The predicted octanol–water partition coefficient (Wildman–Crippen LogP) is 1.22. The number of nitrogens with one attached hydrogen (secondary N) is 2. The zero-order chi connectivity index (χ0) is 17.5. The number of Topliss-reactive ketones (excluding diaryl/α,β-unsaturated/α-hetero) is 1. The van der Waals surface area contributed by atoms with Crippen molar-refractivity contribution in [1.29, 1.82) is 0 Å². The summed E-state index contributed by atoms with van der Waals surface area (Å²) in [5, 5.41) is 7.77. The Morgan fingerprint density at radius 3 is 2.62 bits per heavy atom. The lowest BCUT2D eigenvalue weighted by atomic mass is 10.0. The fraction of sp³-hybridized carbons (Fsp3) is 0.312. The van der Waals surface area contributed by atoms with E-state index in [1.54, 1.807) is 12.1 Å². The van der Waals surface area contributed by atoms with Crippen LogP contribution in [0.2, 0.25) is 0 Å². The molecule has 1 amide bonds. The van der Waals surface area contributed by atoms with Gasteiger partial charge in [0.25, 0.3) is 0 Å². The van der Waals surface area contributed by atoms with Crippen LogP contribution in [-0.4, -0.2) is 35.7 Å². The van der Waals surface area contributed by atoms with Crippen molar-refractivity contribution in [2.45, 2.75) is 32.8 Å². The number of anilines is 1. The number of benzene rings is 1. The van der Waals surface area contributed by atoms with Crippen molar-refractivity contribution in [2.75, 3.05) is 5.43 Å². The Morgan fingerprint density at radius 2 is 2.04 bits per heavy atom.